The first-order valence-electron chi connectivity index (χ1n) is 3.28. The van der Waals surface area contributed by atoms with Gasteiger partial charge < -0.3 is 15.3 Å². The summed E-state index contributed by atoms with van der Waals surface area (Å²) in [5.74, 6) is 0. The standard InChI is InChI=1S/C7H13NO2/c1-2-10-6-4-7(8)3-5-9/h4-7H,2-3,8H2,1H3. The third-order valence-electron chi connectivity index (χ3n) is 0.957. The summed E-state index contributed by atoms with van der Waals surface area (Å²) < 4.78 is 4.87. The van der Waals surface area contributed by atoms with Crippen LogP contribution in [-0.4, -0.2) is 18.9 Å². The largest absolute Gasteiger partial charge is 0.502 e. The van der Waals surface area contributed by atoms with Crippen LogP contribution in [0.2, 0.25) is 0 Å². The van der Waals surface area contributed by atoms with E-state index >= 15 is 0 Å². The molecule has 0 aromatic rings. The van der Waals surface area contributed by atoms with E-state index in [4.69, 9.17) is 10.5 Å². The topological polar surface area (TPSA) is 52.3 Å². The van der Waals surface area contributed by atoms with Crippen molar-refractivity contribution in [1.29, 1.82) is 0 Å². The second-order valence-corrected chi connectivity index (χ2v) is 1.85. The van der Waals surface area contributed by atoms with Crippen LogP contribution < -0.4 is 5.73 Å². The van der Waals surface area contributed by atoms with Crippen molar-refractivity contribution in [1.82, 2.24) is 0 Å². The van der Waals surface area contributed by atoms with Gasteiger partial charge in [-0.1, -0.05) is 0 Å². The Labute approximate surface area is 60.9 Å². The average Bonchev–Trinajstić information content (AvgIpc) is 1.89. The Kier molecular flexibility index (Phi) is 5.77. The molecule has 3 nitrogen and oxygen atoms in total. The highest BCUT2D eigenvalue weighted by Gasteiger charge is 1.92. The minimum Gasteiger partial charge on any atom is -0.502 e. The molecule has 1 unspecified atom stereocenters. The van der Waals surface area contributed by atoms with Crippen molar-refractivity contribution in [2.24, 2.45) is 5.73 Å². The predicted octanol–water partition coefficient (Wildman–Crippen LogP) is 0.453. The van der Waals surface area contributed by atoms with Gasteiger partial charge in [0.05, 0.1) is 12.9 Å². The zero-order chi connectivity index (χ0) is 7.82. The third-order valence-corrected chi connectivity index (χ3v) is 0.957. The van der Waals surface area contributed by atoms with Crippen LogP contribution in [0.1, 0.15) is 13.3 Å². The number of nitrogens with two attached hydrogens (primary N) is 1. The van der Waals surface area contributed by atoms with Crippen LogP contribution in [0.15, 0.2) is 12.3 Å². The van der Waals surface area contributed by atoms with Crippen molar-refractivity contribution in [2.45, 2.75) is 19.4 Å². The van der Waals surface area contributed by atoms with E-state index in [9.17, 15) is 4.79 Å². The predicted molar refractivity (Wildman–Crippen MR) is 39.4 cm³/mol. The first kappa shape index (κ1) is 9.17. The SMILES string of the molecule is CCOC=CC(N)CC=O. The quantitative estimate of drug-likeness (QED) is 0.449. The van der Waals surface area contributed by atoms with Crippen molar-refractivity contribution in [2.75, 3.05) is 6.61 Å². The molecule has 0 aromatic heterocycles. The van der Waals surface area contributed by atoms with Gasteiger partial charge in [0.1, 0.15) is 6.29 Å². The Balaban J connectivity index is 3.34. The Hall–Kier alpha value is -0.830. The van der Waals surface area contributed by atoms with Crippen LogP contribution in [0.4, 0.5) is 0 Å². The minimum absolute atomic E-state index is 0.205. The Morgan fingerprint density at radius 3 is 2.90 bits per heavy atom. The molecule has 1 atom stereocenters. The summed E-state index contributed by atoms with van der Waals surface area (Å²) in [7, 11) is 0. The van der Waals surface area contributed by atoms with Gasteiger partial charge >= 0.3 is 0 Å². The average molecular weight is 143 g/mol. The lowest BCUT2D eigenvalue weighted by molar-refractivity contribution is -0.107. The second kappa shape index (κ2) is 6.29. The van der Waals surface area contributed by atoms with Gasteiger partial charge in [0.2, 0.25) is 0 Å². The highest BCUT2D eigenvalue weighted by Crippen LogP contribution is 1.86. The first-order chi connectivity index (χ1) is 4.81. The van der Waals surface area contributed by atoms with E-state index in [-0.39, 0.29) is 6.04 Å². The Morgan fingerprint density at radius 2 is 2.40 bits per heavy atom. The molecule has 0 fully saturated rings. The zero-order valence-electron chi connectivity index (χ0n) is 6.12. The van der Waals surface area contributed by atoms with Crippen LogP contribution in [-0.2, 0) is 9.53 Å². The Bertz CT molecular complexity index is 112. The molecule has 0 spiro atoms. The van der Waals surface area contributed by atoms with E-state index in [0.29, 0.717) is 13.0 Å². The molecule has 0 aliphatic carbocycles. The summed E-state index contributed by atoms with van der Waals surface area (Å²) in [5.41, 5.74) is 5.43. The molecular formula is C7H13NO2. The lowest BCUT2D eigenvalue weighted by Crippen LogP contribution is -2.16. The summed E-state index contributed by atoms with van der Waals surface area (Å²) in [5, 5.41) is 0. The fourth-order valence-corrected chi connectivity index (χ4v) is 0.442. The van der Waals surface area contributed by atoms with E-state index in [1.165, 1.54) is 6.26 Å². The van der Waals surface area contributed by atoms with E-state index in [2.05, 4.69) is 0 Å². The lowest BCUT2D eigenvalue weighted by Gasteiger charge is -1.98. The summed E-state index contributed by atoms with van der Waals surface area (Å²) in [6, 6.07) is -0.205. The van der Waals surface area contributed by atoms with Crippen molar-refractivity contribution < 1.29 is 9.53 Å². The molecule has 0 amide bonds. The number of carbonyl (C=O) groups excluding carboxylic acids is 1. The van der Waals surface area contributed by atoms with Crippen molar-refractivity contribution in [3.63, 3.8) is 0 Å². The van der Waals surface area contributed by atoms with Crippen LogP contribution >= 0.6 is 0 Å². The highest BCUT2D eigenvalue weighted by molar-refractivity contribution is 5.50. The minimum atomic E-state index is -0.205. The summed E-state index contributed by atoms with van der Waals surface area (Å²) in [6.07, 6.45) is 4.33. The molecule has 0 rings (SSSR count). The van der Waals surface area contributed by atoms with Crippen molar-refractivity contribution in [3.8, 4) is 0 Å². The van der Waals surface area contributed by atoms with Crippen LogP contribution in [0.5, 0.6) is 0 Å². The van der Waals surface area contributed by atoms with Gasteiger partial charge in [0.15, 0.2) is 0 Å². The number of aldehydes is 1. The summed E-state index contributed by atoms with van der Waals surface area (Å²) >= 11 is 0. The van der Waals surface area contributed by atoms with E-state index < -0.39 is 0 Å². The molecule has 0 saturated heterocycles. The van der Waals surface area contributed by atoms with Gasteiger partial charge in [0.25, 0.3) is 0 Å². The van der Waals surface area contributed by atoms with Gasteiger partial charge in [-0.15, -0.1) is 0 Å². The van der Waals surface area contributed by atoms with Crippen LogP contribution in [0, 0.1) is 0 Å². The van der Waals surface area contributed by atoms with Gasteiger partial charge in [-0.25, -0.2) is 0 Å². The zero-order valence-corrected chi connectivity index (χ0v) is 6.12. The molecule has 58 valence electrons. The smallest absolute Gasteiger partial charge is 0.121 e. The van der Waals surface area contributed by atoms with Crippen molar-refractivity contribution in [3.05, 3.63) is 12.3 Å². The highest BCUT2D eigenvalue weighted by atomic mass is 16.5. The molecule has 2 N–H and O–H groups in total. The number of hydrogen-bond acceptors (Lipinski definition) is 3. The van der Waals surface area contributed by atoms with Gasteiger partial charge in [-0.2, -0.15) is 0 Å². The molecule has 0 aromatic carbocycles. The normalized spacial score (nSPS) is 13.4. The maximum absolute atomic E-state index is 9.89. The van der Waals surface area contributed by atoms with Crippen molar-refractivity contribution >= 4 is 6.29 Å². The van der Waals surface area contributed by atoms with E-state index in [0.717, 1.165) is 6.29 Å². The van der Waals surface area contributed by atoms with Gasteiger partial charge in [-0.3, -0.25) is 0 Å². The molecule has 0 aliphatic rings. The van der Waals surface area contributed by atoms with E-state index in [1.807, 2.05) is 6.92 Å². The molecular weight excluding hydrogens is 130 g/mol. The maximum Gasteiger partial charge on any atom is 0.121 e. The third kappa shape index (κ3) is 5.31. The monoisotopic (exact) mass is 143 g/mol. The number of ether oxygens (including phenoxy) is 1. The molecule has 0 saturated carbocycles. The van der Waals surface area contributed by atoms with Gasteiger partial charge in [-0.05, 0) is 13.0 Å². The summed E-state index contributed by atoms with van der Waals surface area (Å²) in [6.45, 7) is 2.51. The molecule has 0 radical (unpaired) electrons. The summed E-state index contributed by atoms with van der Waals surface area (Å²) in [4.78, 5) is 9.89. The fraction of sp³-hybridized carbons (Fsp3) is 0.571. The molecule has 3 heteroatoms. The molecule has 0 bridgehead atoms. The molecule has 0 heterocycles. The maximum atomic E-state index is 9.89. The number of carbonyl (C=O) groups is 1. The Morgan fingerprint density at radius 1 is 1.70 bits per heavy atom. The molecule has 0 aliphatic heterocycles. The first-order valence-corrected chi connectivity index (χ1v) is 3.28. The molecule has 10 heavy (non-hydrogen) atoms. The number of hydrogen-bond donors (Lipinski definition) is 1. The van der Waals surface area contributed by atoms with E-state index in [1.54, 1.807) is 6.08 Å². The second-order valence-electron chi connectivity index (χ2n) is 1.85. The number of rotatable bonds is 5. The van der Waals surface area contributed by atoms with Gasteiger partial charge in [0, 0.05) is 12.5 Å². The van der Waals surface area contributed by atoms with Crippen LogP contribution in [0.25, 0.3) is 0 Å². The fourth-order valence-electron chi connectivity index (χ4n) is 0.442. The lowest BCUT2D eigenvalue weighted by atomic mass is 10.2. The van der Waals surface area contributed by atoms with Crippen LogP contribution in [0.3, 0.4) is 0 Å².